The summed E-state index contributed by atoms with van der Waals surface area (Å²) in [7, 11) is 0. The van der Waals surface area contributed by atoms with Gasteiger partial charge in [-0.05, 0) is 42.8 Å². The van der Waals surface area contributed by atoms with Crippen LogP contribution in [-0.4, -0.2) is 0 Å². The lowest BCUT2D eigenvalue weighted by molar-refractivity contribution is 0.596. The number of hydrogen-bond donors (Lipinski definition) is 1. The van der Waals surface area contributed by atoms with Gasteiger partial charge in [0.15, 0.2) is 0 Å². The Bertz CT molecular complexity index is 557. The van der Waals surface area contributed by atoms with E-state index in [0.717, 1.165) is 10.5 Å². The predicted molar refractivity (Wildman–Crippen MR) is 74.6 cm³/mol. The Morgan fingerprint density at radius 1 is 1.22 bits per heavy atom. The van der Waals surface area contributed by atoms with Gasteiger partial charge in [0.05, 0.1) is 0 Å². The lowest BCUT2D eigenvalue weighted by Gasteiger charge is -2.08. The van der Waals surface area contributed by atoms with E-state index in [9.17, 15) is 4.39 Å². The Balaban J connectivity index is 2.24. The second-order valence-corrected chi connectivity index (χ2v) is 5.59. The fourth-order valence-corrected chi connectivity index (χ4v) is 2.67. The molecule has 2 aromatic carbocycles. The summed E-state index contributed by atoms with van der Waals surface area (Å²) < 4.78 is 13.9. The van der Waals surface area contributed by atoms with Crippen LogP contribution in [0.3, 0.4) is 0 Å². The summed E-state index contributed by atoms with van der Waals surface area (Å²) in [5.41, 5.74) is 6.51. The Kier molecular flexibility index (Phi) is 4.27. The van der Waals surface area contributed by atoms with Crippen molar-refractivity contribution in [3.63, 3.8) is 0 Å². The minimum atomic E-state index is -0.255. The molecule has 1 nitrogen and oxygen atoms in total. The van der Waals surface area contributed by atoms with Crippen molar-refractivity contribution >= 4 is 23.4 Å². The summed E-state index contributed by atoms with van der Waals surface area (Å²) in [6.07, 6.45) is 0. The number of nitrogens with two attached hydrogens (primary N) is 1. The molecule has 2 rings (SSSR count). The standard InChI is InChI=1S/C14H13ClFNS/c1-9(17)10-5-6-14(13(16)7-10)18-12-4-2-3-11(15)8-12/h2-9H,17H2,1H3. The zero-order valence-corrected chi connectivity index (χ0v) is 11.4. The van der Waals surface area contributed by atoms with Gasteiger partial charge in [-0.3, -0.25) is 0 Å². The molecule has 18 heavy (non-hydrogen) atoms. The molecule has 0 aliphatic carbocycles. The molecule has 0 aliphatic heterocycles. The quantitative estimate of drug-likeness (QED) is 0.886. The van der Waals surface area contributed by atoms with Crippen molar-refractivity contribution in [2.45, 2.75) is 22.8 Å². The van der Waals surface area contributed by atoms with Gasteiger partial charge < -0.3 is 5.73 Å². The molecule has 0 spiro atoms. The molecule has 2 aromatic rings. The van der Waals surface area contributed by atoms with Crippen molar-refractivity contribution in [3.8, 4) is 0 Å². The van der Waals surface area contributed by atoms with E-state index in [1.54, 1.807) is 12.1 Å². The first-order valence-electron chi connectivity index (χ1n) is 5.54. The van der Waals surface area contributed by atoms with Gasteiger partial charge >= 0.3 is 0 Å². The monoisotopic (exact) mass is 281 g/mol. The second-order valence-electron chi connectivity index (χ2n) is 4.04. The summed E-state index contributed by atoms with van der Waals surface area (Å²) in [6.45, 7) is 1.83. The van der Waals surface area contributed by atoms with Crippen molar-refractivity contribution in [1.29, 1.82) is 0 Å². The van der Waals surface area contributed by atoms with Crippen LogP contribution in [0.2, 0.25) is 5.02 Å². The van der Waals surface area contributed by atoms with Crippen molar-refractivity contribution in [2.24, 2.45) is 5.73 Å². The van der Waals surface area contributed by atoms with Crippen molar-refractivity contribution < 1.29 is 4.39 Å². The van der Waals surface area contributed by atoms with Crippen LogP contribution in [0.15, 0.2) is 52.3 Å². The molecule has 0 aromatic heterocycles. The van der Waals surface area contributed by atoms with Crippen LogP contribution in [-0.2, 0) is 0 Å². The van der Waals surface area contributed by atoms with Gasteiger partial charge in [-0.2, -0.15) is 0 Å². The third kappa shape index (κ3) is 3.25. The van der Waals surface area contributed by atoms with Gasteiger partial charge in [-0.1, -0.05) is 35.5 Å². The van der Waals surface area contributed by atoms with Crippen molar-refractivity contribution in [3.05, 3.63) is 58.9 Å². The molecule has 94 valence electrons. The van der Waals surface area contributed by atoms with E-state index in [2.05, 4.69) is 0 Å². The van der Waals surface area contributed by atoms with Crippen LogP contribution in [0.1, 0.15) is 18.5 Å². The highest BCUT2D eigenvalue weighted by atomic mass is 35.5. The average molecular weight is 282 g/mol. The predicted octanol–water partition coefficient (Wildman–Crippen LogP) is 4.65. The SMILES string of the molecule is CC(N)c1ccc(Sc2cccc(Cl)c2)c(F)c1. The van der Waals surface area contributed by atoms with Crippen LogP contribution in [0.25, 0.3) is 0 Å². The molecule has 0 radical (unpaired) electrons. The Morgan fingerprint density at radius 2 is 2.00 bits per heavy atom. The molecule has 0 amide bonds. The van der Waals surface area contributed by atoms with E-state index >= 15 is 0 Å². The molecule has 1 unspecified atom stereocenters. The first-order chi connectivity index (χ1) is 8.56. The van der Waals surface area contributed by atoms with Crippen LogP contribution in [0.4, 0.5) is 4.39 Å². The molecule has 0 bridgehead atoms. The van der Waals surface area contributed by atoms with Crippen LogP contribution in [0.5, 0.6) is 0 Å². The van der Waals surface area contributed by atoms with E-state index in [1.165, 1.54) is 17.8 Å². The van der Waals surface area contributed by atoms with Gasteiger partial charge in [0.2, 0.25) is 0 Å². The van der Waals surface area contributed by atoms with Crippen LogP contribution in [0, 0.1) is 5.82 Å². The fourth-order valence-electron chi connectivity index (χ4n) is 1.54. The molecule has 2 N–H and O–H groups in total. The normalized spacial score (nSPS) is 12.4. The largest absolute Gasteiger partial charge is 0.324 e. The van der Waals surface area contributed by atoms with Gasteiger partial charge in [-0.15, -0.1) is 0 Å². The summed E-state index contributed by atoms with van der Waals surface area (Å²) in [5, 5.41) is 0.646. The molecule has 0 aliphatic rings. The van der Waals surface area contributed by atoms with Gasteiger partial charge in [-0.25, -0.2) is 4.39 Å². The highest BCUT2D eigenvalue weighted by Crippen LogP contribution is 2.32. The molecule has 0 saturated carbocycles. The Labute approximate surface area is 115 Å². The maximum Gasteiger partial charge on any atom is 0.137 e. The zero-order valence-electron chi connectivity index (χ0n) is 9.86. The Morgan fingerprint density at radius 3 is 2.61 bits per heavy atom. The minimum Gasteiger partial charge on any atom is -0.324 e. The molecule has 0 heterocycles. The minimum absolute atomic E-state index is 0.162. The smallest absolute Gasteiger partial charge is 0.137 e. The molecule has 4 heteroatoms. The first-order valence-corrected chi connectivity index (χ1v) is 6.74. The van der Waals surface area contributed by atoms with E-state index in [-0.39, 0.29) is 11.9 Å². The van der Waals surface area contributed by atoms with Gasteiger partial charge in [0.25, 0.3) is 0 Å². The number of benzene rings is 2. The first kappa shape index (κ1) is 13.4. The summed E-state index contributed by atoms with van der Waals surface area (Å²) >= 11 is 7.24. The van der Waals surface area contributed by atoms with Gasteiger partial charge in [0, 0.05) is 20.9 Å². The fraction of sp³-hybridized carbons (Fsp3) is 0.143. The van der Waals surface area contributed by atoms with E-state index in [4.69, 9.17) is 17.3 Å². The zero-order chi connectivity index (χ0) is 13.1. The molecular formula is C14H13ClFNS. The number of halogens is 2. The maximum atomic E-state index is 13.9. The molecule has 0 saturated heterocycles. The van der Waals surface area contributed by atoms with E-state index in [0.29, 0.717) is 9.92 Å². The highest BCUT2D eigenvalue weighted by molar-refractivity contribution is 7.99. The third-order valence-electron chi connectivity index (χ3n) is 2.51. The lowest BCUT2D eigenvalue weighted by Crippen LogP contribution is -2.05. The average Bonchev–Trinajstić information content (AvgIpc) is 2.31. The topological polar surface area (TPSA) is 26.0 Å². The lowest BCUT2D eigenvalue weighted by atomic mass is 10.1. The summed E-state index contributed by atoms with van der Waals surface area (Å²) in [4.78, 5) is 1.48. The Hall–Kier alpha value is -1.03. The van der Waals surface area contributed by atoms with E-state index < -0.39 is 0 Å². The maximum absolute atomic E-state index is 13.9. The van der Waals surface area contributed by atoms with Crippen molar-refractivity contribution in [2.75, 3.05) is 0 Å². The van der Waals surface area contributed by atoms with E-state index in [1.807, 2.05) is 31.2 Å². The van der Waals surface area contributed by atoms with Crippen LogP contribution < -0.4 is 5.73 Å². The summed E-state index contributed by atoms with van der Waals surface area (Å²) in [5.74, 6) is -0.255. The molecule has 1 atom stereocenters. The van der Waals surface area contributed by atoms with Crippen LogP contribution >= 0.6 is 23.4 Å². The molecule has 0 fully saturated rings. The van der Waals surface area contributed by atoms with Crippen molar-refractivity contribution in [1.82, 2.24) is 0 Å². The number of hydrogen-bond acceptors (Lipinski definition) is 2. The second kappa shape index (κ2) is 5.74. The third-order valence-corrected chi connectivity index (χ3v) is 3.78. The number of rotatable bonds is 3. The highest BCUT2D eigenvalue weighted by Gasteiger charge is 2.08. The van der Waals surface area contributed by atoms with Gasteiger partial charge in [0.1, 0.15) is 5.82 Å². The molecular weight excluding hydrogens is 269 g/mol. The summed E-state index contributed by atoms with van der Waals surface area (Å²) in [6, 6.07) is 12.3.